The molecule has 100 valence electrons. The van der Waals surface area contributed by atoms with E-state index in [1.165, 1.54) is 0 Å². The van der Waals surface area contributed by atoms with Gasteiger partial charge in [0.05, 0.1) is 17.8 Å². The monoisotopic (exact) mass is 258 g/mol. The second-order valence-corrected chi connectivity index (χ2v) is 5.48. The number of nitrogens with zero attached hydrogens (tertiary/aromatic N) is 3. The summed E-state index contributed by atoms with van der Waals surface area (Å²) < 4.78 is 1.98. The number of hydrogen-bond donors (Lipinski definition) is 1. The fourth-order valence-electron chi connectivity index (χ4n) is 2.49. The molecular weight excluding hydrogens is 240 g/mol. The Bertz CT molecular complexity index is 584. The molecule has 19 heavy (non-hydrogen) atoms. The van der Waals surface area contributed by atoms with E-state index in [1.54, 1.807) is 0 Å². The number of rotatable bonds is 2. The first kappa shape index (κ1) is 12.2. The van der Waals surface area contributed by atoms with Crippen molar-refractivity contribution >= 4 is 11.6 Å². The summed E-state index contributed by atoms with van der Waals surface area (Å²) in [6.07, 6.45) is 3.95. The van der Waals surface area contributed by atoms with Crippen LogP contribution in [0.1, 0.15) is 19.5 Å². The van der Waals surface area contributed by atoms with Crippen LogP contribution in [0.3, 0.4) is 0 Å². The van der Waals surface area contributed by atoms with Crippen LogP contribution in [-0.2, 0) is 11.3 Å². The van der Waals surface area contributed by atoms with E-state index < -0.39 is 5.54 Å². The van der Waals surface area contributed by atoms with Crippen LogP contribution >= 0.6 is 0 Å². The molecule has 0 spiro atoms. The van der Waals surface area contributed by atoms with Crippen LogP contribution < -0.4 is 5.32 Å². The maximum Gasteiger partial charge on any atom is 0.242 e. The molecule has 2 aromatic rings. The lowest BCUT2D eigenvalue weighted by molar-refractivity contribution is -0.140. The van der Waals surface area contributed by atoms with E-state index >= 15 is 0 Å². The maximum absolute atomic E-state index is 12.3. The van der Waals surface area contributed by atoms with Crippen molar-refractivity contribution in [2.45, 2.75) is 25.9 Å². The Labute approximate surface area is 112 Å². The van der Waals surface area contributed by atoms with Gasteiger partial charge in [-0.05, 0) is 26.0 Å². The summed E-state index contributed by atoms with van der Waals surface area (Å²) >= 11 is 0. The number of imidazole rings is 1. The van der Waals surface area contributed by atoms with Crippen LogP contribution in [0.25, 0.3) is 5.65 Å². The minimum atomic E-state index is -0.475. The van der Waals surface area contributed by atoms with Crippen molar-refractivity contribution in [3.63, 3.8) is 0 Å². The number of carbonyl (C=O) groups excluding carboxylic acids is 1. The molecular formula is C14H18N4O. The van der Waals surface area contributed by atoms with E-state index in [0.717, 1.165) is 24.4 Å². The maximum atomic E-state index is 12.3. The molecule has 5 heteroatoms. The van der Waals surface area contributed by atoms with Gasteiger partial charge in [-0.1, -0.05) is 6.07 Å². The molecule has 2 aromatic heterocycles. The van der Waals surface area contributed by atoms with Gasteiger partial charge in [0, 0.05) is 25.5 Å². The van der Waals surface area contributed by atoms with Gasteiger partial charge >= 0.3 is 0 Å². The molecule has 1 fully saturated rings. The number of carbonyl (C=O) groups is 1. The van der Waals surface area contributed by atoms with Crippen LogP contribution in [0, 0.1) is 0 Å². The average Bonchev–Trinajstić information content (AvgIpc) is 2.77. The lowest BCUT2D eigenvalue weighted by Crippen LogP contribution is -2.60. The lowest BCUT2D eigenvalue weighted by Gasteiger charge is -2.37. The predicted molar refractivity (Wildman–Crippen MR) is 72.7 cm³/mol. The average molecular weight is 258 g/mol. The number of amides is 1. The molecule has 0 bridgehead atoms. The third-order valence-electron chi connectivity index (χ3n) is 3.54. The van der Waals surface area contributed by atoms with Crippen molar-refractivity contribution in [3.05, 3.63) is 36.3 Å². The summed E-state index contributed by atoms with van der Waals surface area (Å²) in [7, 11) is 0. The van der Waals surface area contributed by atoms with Gasteiger partial charge in [-0.25, -0.2) is 4.98 Å². The van der Waals surface area contributed by atoms with Crippen LogP contribution in [0.2, 0.25) is 0 Å². The summed E-state index contributed by atoms with van der Waals surface area (Å²) in [5, 5.41) is 3.23. The first-order valence-electron chi connectivity index (χ1n) is 6.53. The number of pyridine rings is 1. The van der Waals surface area contributed by atoms with Crippen LogP contribution in [0.15, 0.2) is 30.6 Å². The molecule has 0 atom stereocenters. The van der Waals surface area contributed by atoms with Gasteiger partial charge in [-0.15, -0.1) is 0 Å². The smallest absolute Gasteiger partial charge is 0.242 e. The molecule has 1 aliphatic heterocycles. The second-order valence-electron chi connectivity index (χ2n) is 5.48. The SMILES string of the molecule is CC1(C)NCCN(Cc2cn3ccccc3n2)C1=O. The largest absolute Gasteiger partial charge is 0.334 e. The van der Waals surface area contributed by atoms with E-state index in [-0.39, 0.29) is 5.91 Å². The van der Waals surface area contributed by atoms with Gasteiger partial charge in [-0.3, -0.25) is 4.79 Å². The van der Waals surface area contributed by atoms with Crippen LogP contribution in [0.4, 0.5) is 0 Å². The Morgan fingerprint density at radius 3 is 3.05 bits per heavy atom. The highest BCUT2D eigenvalue weighted by Crippen LogP contribution is 2.15. The van der Waals surface area contributed by atoms with Crippen LogP contribution in [0.5, 0.6) is 0 Å². The molecule has 1 saturated heterocycles. The third kappa shape index (κ3) is 2.21. The molecule has 1 N–H and O–H groups in total. The van der Waals surface area contributed by atoms with Crippen molar-refractivity contribution in [3.8, 4) is 0 Å². The topological polar surface area (TPSA) is 49.6 Å². The van der Waals surface area contributed by atoms with Crippen molar-refractivity contribution in [2.24, 2.45) is 0 Å². The van der Waals surface area contributed by atoms with Crippen LogP contribution in [-0.4, -0.2) is 38.8 Å². The highest BCUT2D eigenvalue weighted by Gasteiger charge is 2.35. The van der Waals surface area contributed by atoms with Crippen molar-refractivity contribution in [1.29, 1.82) is 0 Å². The van der Waals surface area contributed by atoms with E-state index in [4.69, 9.17) is 0 Å². The Morgan fingerprint density at radius 2 is 2.26 bits per heavy atom. The number of hydrogen-bond acceptors (Lipinski definition) is 3. The third-order valence-corrected chi connectivity index (χ3v) is 3.54. The van der Waals surface area contributed by atoms with E-state index in [1.807, 2.05) is 53.7 Å². The summed E-state index contributed by atoms with van der Waals surface area (Å²) in [6.45, 7) is 5.98. The van der Waals surface area contributed by atoms with Crippen molar-refractivity contribution in [2.75, 3.05) is 13.1 Å². The highest BCUT2D eigenvalue weighted by molar-refractivity contribution is 5.86. The summed E-state index contributed by atoms with van der Waals surface area (Å²) in [4.78, 5) is 18.7. The quantitative estimate of drug-likeness (QED) is 0.876. The minimum absolute atomic E-state index is 0.135. The zero-order valence-electron chi connectivity index (χ0n) is 11.3. The Kier molecular flexibility index (Phi) is 2.78. The fraction of sp³-hybridized carbons (Fsp3) is 0.429. The van der Waals surface area contributed by atoms with Gasteiger partial charge in [0.15, 0.2) is 0 Å². The molecule has 0 saturated carbocycles. The molecule has 0 unspecified atom stereocenters. The molecule has 0 aromatic carbocycles. The molecule has 1 amide bonds. The molecule has 0 aliphatic carbocycles. The first-order valence-corrected chi connectivity index (χ1v) is 6.53. The van der Waals surface area contributed by atoms with Gasteiger partial charge in [0.25, 0.3) is 0 Å². The number of piperazine rings is 1. The first-order chi connectivity index (χ1) is 9.06. The van der Waals surface area contributed by atoms with Gasteiger partial charge in [-0.2, -0.15) is 0 Å². The summed E-state index contributed by atoms with van der Waals surface area (Å²) in [5.74, 6) is 0.135. The van der Waals surface area contributed by atoms with Crippen molar-refractivity contribution in [1.82, 2.24) is 19.6 Å². The summed E-state index contributed by atoms with van der Waals surface area (Å²) in [6, 6.07) is 5.90. The standard InChI is InChI=1S/C14H18N4O/c1-14(2)13(19)18(8-6-15-14)10-11-9-17-7-4-3-5-12(17)16-11/h3-5,7,9,15H,6,8,10H2,1-2H3. The Morgan fingerprint density at radius 1 is 1.42 bits per heavy atom. The molecule has 3 heterocycles. The van der Waals surface area contributed by atoms with Gasteiger partial charge in [0.2, 0.25) is 5.91 Å². The Hall–Kier alpha value is -1.88. The highest BCUT2D eigenvalue weighted by atomic mass is 16.2. The number of nitrogens with one attached hydrogen (secondary N) is 1. The number of aromatic nitrogens is 2. The molecule has 0 radical (unpaired) electrons. The van der Waals surface area contributed by atoms with E-state index in [2.05, 4.69) is 10.3 Å². The molecule has 5 nitrogen and oxygen atoms in total. The van der Waals surface area contributed by atoms with Gasteiger partial charge in [0.1, 0.15) is 5.65 Å². The van der Waals surface area contributed by atoms with E-state index in [9.17, 15) is 4.79 Å². The zero-order valence-corrected chi connectivity index (χ0v) is 11.3. The molecule has 3 rings (SSSR count). The Balaban J connectivity index is 1.82. The van der Waals surface area contributed by atoms with E-state index in [0.29, 0.717) is 6.54 Å². The fourth-order valence-corrected chi connectivity index (χ4v) is 2.49. The summed E-state index contributed by atoms with van der Waals surface area (Å²) in [5.41, 5.74) is 1.37. The second kappa shape index (κ2) is 4.35. The minimum Gasteiger partial charge on any atom is -0.334 e. The number of fused-ring (bicyclic) bond motifs is 1. The normalized spacial score (nSPS) is 19.1. The van der Waals surface area contributed by atoms with Gasteiger partial charge < -0.3 is 14.6 Å². The lowest BCUT2D eigenvalue weighted by atomic mass is 10.0. The predicted octanol–water partition coefficient (Wildman–Crippen LogP) is 1.04. The molecule has 1 aliphatic rings. The van der Waals surface area contributed by atoms with Crippen molar-refractivity contribution < 1.29 is 4.79 Å². The zero-order chi connectivity index (χ0) is 13.5.